The van der Waals surface area contributed by atoms with Crippen molar-refractivity contribution in [1.82, 2.24) is 0 Å². The summed E-state index contributed by atoms with van der Waals surface area (Å²) in [6.07, 6.45) is 3.50. The highest BCUT2D eigenvalue weighted by atomic mass is 32.3. The van der Waals surface area contributed by atoms with Crippen molar-refractivity contribution in [1.29, 1.82) is 0 Å². The number of unbranched alkanes of at least 4 members (excludes halogenated alkanes) is 1. The first kappa shape index (κ1) is 17.4. The molecule has 0 bridgehead atoms. The fraction of sp³-hybridized carbons (Fsp3) is 0.429. The topological polar surface area (TPSA) is 43.4 Å². The van der Waals surface area contributed by atoms with Crippen LogP contribution in [0.25, 0.3) is 6.08 Å². The molecule has 0 radical (unpaired) electrons. The van der Waals surface area contributed by atoms with E-state index in [0.717, 1.165) is 0 Å². The van der Waals surface area contributed by atoms with Crippen molar-refractivity contribution in [3.63, 3.8) is 0 Å². The zero-order valence-corrected chi connectivity index (χ0v) is 13.8. The van der Waals surface area contributed by atoms with E-state index in [2.05, 4.69) is 0 Å². The molecule has 1 aromatic rings. The average Bonchev–Trinajstić information content (AvgIpc) is 2.69. The van der Waals surface area contributed by atoms with Gasteiger partial charge in [0.25, 0.3) is 10.1 Å². The first-order valence-corrected chi connectivity index (χ1v) is 10.1. The van der Waals surface area contributed by atoms with E-state index in [1.807, 2.05) is 6.92 Å². The molecule has 1 heterocycles. The molecular weight excluding hydrogens is 337 g/mol. The Morgan fingerprint density at radius 1 is 1.23 bits per heavy atom. The molecule has 0 N–H and O–H groups in total. The van der Waals surface area contributed by atoms with Crippen molar-refractivity contribution >= 4 is 26.5 Å². The predicted octanol–water partition coefficient (Wildman–Crippen LogP) is 4.81. The van der Waals surface area contributed by atoms with E-state index < -0.39 is 25.9 Å². The Kier molecular flexibility index (Phi) is 4.66. The van der Waals surface area contributed by atoms with E-state index in [0.29, 0.717) is 24.7 Å². The fourth-order valence-electron chi connectivity index (χ4n) is 2.40. The second-order valence-corrected chi connectivity index (χ2v) is 9.52. The molecule has 0 fully saturated rings. The standard InChI is InChI=1S/C14H17F3O3S2/c1-3-4-8-12-10-11-7-5-6-9-13(11)22(12,14(15,16)17)20-21(2,18)19/h5-7,9-10H,3-4,8H2,1-2H3. The zero-order chi connectivity index (χ0) is 16.6. The zero-order valence-electron chi connectivity index (χ0n) is 12.2. The Hall–Kier alpha value is -0.990. The number of hydrogen-bond donors (Lipinski definition) is 0. The van der Waals surface area contributed by atoms with E-state index >= 15 is 0 Å². The summed E-state index contributed by atoms with van der Waals surface area (Å²) in [5, 5.41) is 0. The first-order chi connectivity index (χ1) is 10.1. The Morgan fingerprint density at radius 2 is 1.86 bits per heavy atom. The van der Waals surface area contributed by atoms with E-state index in [1.165, 1.54) is 18.2 Å². The van der Waals surface area contributed by atoms with E-state index in [9.17, 15) is 21.6 Å². The molecule has 1 atom stereocenters. The molecule has 0 spiro atoms. The van der Waals surface area contributed by atoms with Crippen LogP contribution in [0.15, 0.2) is 34.1 Å². The summed E-state index contributed by atoms with van der Waals surface area (Å²) in [5.41, 5.74) is -4.41. The third-order valence-corrected chi connectivity index (χ3v) is 7.75. The lowest BCUT2D eigenvalue weighted by atomic mass is 10.2. The molecule has 124 valence electrons. The molecule has 0 aromatic heterocycles. The highest BCUT2D eigenvalue weighted by molar-refractivity contribution is 8.36. The largest absolute Gasteiger partial charge is 0.456 e. The lowest BCUT2D eigenvalue weighted by molar-refractivity contribution is -0.0429. The molecule has 0 saturated carbocycles. The molecule has 3 nitrogen and oxygen atoms in total. The molecule has 0 amide bonds. The second kappa shape index (κ2) is 5.90. The van der Waals surface area contributed by atoms with Crippen LogP contribution < -0.4 is 0 Å². The number of benzene rings is 1. The molecule has 1 aliphatic rings. The summed E-state index contributed by atoms with van der Waals surface area (Å²) in [6, 6.07) is 5.94. The number of alkyl halides is 3. The van der Waals surface area contributed by atoms with Crippen LogP contribution in [0.4, 0.5) is 13.2 Å². The predicted molar refractivity (Wildman–Crippen MR) is 81.8 cm³/mol. The summed E-state index contributed by atoms with van der Waals surface area (Å²) in [7, 11) is -8.31. The summed E-state index contributed by atoms with van der Waals surface area (Å²) in [4.78, 5) is -0.0625. The molecule has 22 heavy (non-hydrogen) atoms. The molecule has 0 aliphatic carbocycles. The quantitative estimate of drug-likeness (QED) is 0.762. The van der Waals surface area contributed by atoms with Crippen LogP contribution in [0.2, 0.25) is 0 Å². The first-order valence-electron chi connectivity index (χ1n) is 6.72. The normalized spacial score (nSPS) is 24.5. The van der Waals surface area contributed by atoms with Gasteiger partial charge in [0.2, 0.25) is 0 Å². The van der Waals surface area contributed by atoms with Gasteiger partial charge in [-0.15, -0.1) is 0 Å². The number of rotatable bonds is 5. The maximum atomic E-state index is 13.9. The van der Waals surface area contributed by atoms with Gasteiger partial charge in [-0.2, -0.15) is 21.6 Å². The van der Waals surface area contributed by atoms with Gasteiger partial charge < -0.3 is 0 Å². The lowest BCUT2D eigenvalue weighted by Crippen LogP contribution is -2.25. The Bertz CT molecular complexity index is 696. The van der Waals surface area contributed by atoms with Gasteiger partial charge in [0, 0.05) is 20.1 Å². The van der Waals surface area contributed by atoms with Gasteiger partial charge in [-0.05, 0) is 30.5 Å². The van der Waals surface area contributed by atoms with Crippen LogP contribution in [0.3, 0.4) is 0 Å². The van der Waals surface area contributed by atoms with Crippen molar-refractivity contribution in [3.05, 3.63) is 34.7 Å². The fourth-order valence-corrected chi connectivity index (χ4v) is 7.12. The molecule has 1 aliphatic heterocycles. The summed E-state index contributed by atoms with van der Waals surface area (Å²) >= 11 is 0. The van der Waals surface area contributed by atoms with E-state index in [4.69, 9.17) is 3.63 Å². The van der Waals surface area contributed by atoms with Crippen molar-refractivity contribution in [2.24, 2.45) is 0 Å². The lowest BCUT2D eigenvalue weighted by Gasteiger charge is -2.38. The Balaban J connectivity index is 2.68. The molecule has 0 saturated heterocycles. The van der Waals surface area contributed by atoms with Crippen molar-refractivity contribution < 1.29 is 25.2 Å². The molecule has 2 rings (SSSR count). The summed E-state index contributed by atoms with van der Waals surface area (Å²) < 4.78 is 69.6. The van der Waals surface area contributed by atoms with E-state index in [1.54, 1.807) is 12.1 Å². The highest BCUT2D eigenvalue weighted by Gasteiger charge is 2.59. The minimum Gasteiger partial charge on any atom is -0.203 e. The van der Waals surface area contributed by atoms with Crippen molar-refractivity contribution in [2.75, 3.05) is 6.26 Å². The van der Waals surface area contributed by atoms with Crippen LogP contribution >= 0.6 is 10.3 Å². The third kappa shape index (κ3) is 3.04. The maximum Gasteiger partial charge on any atom is 0.456 e. The van der Waals surface area contributed by atoms with Gasteiger partial charge >= 0.3 is 5.51 Å². The third-order valence-electron chi connectivity index (χ3n) is 3.24. The number of allylic oxidation sites excluding steroid dienone is 1. The van der Waals surface area contributed by atoms with Gasteiger partial charge in [0.15, 0.2) is 0 Å². The summed E-state index contributed by atoms with van der Waals surface area (Å²) in [5.74, 6) is 0. The van der Waals surface area contributed by atoms with Crippen LogP contribution in [0.1, 0.15) is 31.7 Å². The minimum atomic E-state index is -4.79. The summed E-state index contributed by atoms with van der Waals surface area (Å²) in [6.45, 7) is 1.87. The van der Waals surface area contributed by atoms with Gasteiger partial charge in [0.1, 0.15) is 0 Å². The van der Waals surface area contributed by atoms with Crippen molar-refractivity contribution in [2.45, 2.75) is 36.6 Å². The van der Waals surface area contributed by atoms with E-state index in [-0.39, 0.29) is 16.2 Å². The number of fused-ring (bicyclic) bond motifs is 1. The van der Waals surface area contributed by atoms with Crippen LogP contribution in [-0.2, 0) is 13.7 Å². The molecule has 1 unspecified atom stereocenters. The van der Waals surface area contributed by atoms with Crippen molar-refractivity contribution in [3.8, 4) is 0 Å². The number of halogens is 3. The highest BCUT2D eigenvalue weighted by Crippen LogP contribution is 2.78. The molecule has 8 heteroatoms. The van der Waals surface area contributed by atoms with Gasteiger partial charge in [-0.3, -0.25) is 0 Å². The maximum absolute atomic E-state index is 13.9. The van der Waals surface area contributed by atoms with Gasteiger partial charge in [0.05, 0.1) is 6.26 Å². The molecular formula is C14H17F3O3S2. The Morgan fingerprint density at radius 3 is 2.41 bits per heavy atom. The monoisotopic (exact) mass is 354 g/mol. The van der Waals surface area contributed by atoms with Crippen LogP contribution in [-0.4, -0.2) is 20.2 Å². The van der Waals surface area contributed by atoms with Gasteiger partial charge in [-0.1, -0.05) is 31.5 Å². The van der Waals surface area contributed by atoms with Crippen LogP contribution in [0, 0.1) is 0 Å². The number of hydrogen-bond acceptors (Lipinski definition) is 3. The second-order valence-electron chi connectivity index (χ2n) is 5.03. The Labute approximate surface area is 129 Å². The SMILES string of the molecule is CCCCC1=Cc2ccccc2S1(OS(C)(=O)=O)C(F)(F)F. The van der Waals surface area contributed by atoms with Gasteiger partial charge in [-0.25, -0.2) is 3.63 Å². The molecule has 1 aromatic carbocycles. The minimum absolute atomic E-state index is 0.0217. The van der Waals surface area contributed by atoms with Crippen LogP contribution in [0.5, 0.6) is 0 Å². The average molecular weight is 354 g/mol. The smallest absolute Gasteiger partial charge is 0.203 e.